The third-order valence-corrected chi connectivity index (χ3v) is 4.50. The Morgan fingerprint density at radius 2 is 1.88 bits per heavy atom. The van der Waals surface area contributed by atoms with E-state index in [2.05, 4.69) is 9.93 Å². The molecule has 138 valence electrons. The largest absolute Gasteiger partial charge is 0.493 e. The van der Waals surface area contributed by atoms with Gasteiger partial charge in [-0.2, -0.15) is 13.5 Å². The van der Waals surface area contributed by atoms with Gasteiger partial charge in [0.05, 0.1) is 18.2 Å². The van der Waals surface area contributed by atoms with Crippen LogP contribution < -0.4 is 14.3 Å². The van der Waals surface area contributed by atoms with Crippen LogP contribution in [0.25, 0.3) is 0 Å². The number of carboxylic acids is 1. The molecule has 2 rings (SSSR count). The summed E-state index contributed by atoms with van der Waals surface area (Å²) in [6.45, 7) is 1.36. The number of ether oxygens (including phenoxy) is 2. The first-order valence-electron chi connectivity index (χ1n) is 7.46. The number of aryl methyl sites for hydroxylation is 1. The summed E-state index contributed by atoms with van der Waals surface area (Å²) in [6, 6.07) is 11.0. The van der Waals surface area contributed by atoms with Gasteiger partial charge in [-0.3, -0.25) is 0 Å². The number of hydrogen-bond acceptors (Lipinski definition) is 6. The van der Waals surface area contributed by atoms with Gasteiger partial charge in [0.1, 0.15) is 0 Å². The van der Waals surface area contributed by atoms with E-state index in [0.29, 0.717) is 11.3 Å². The highest BCUT2D eigenvalue weighted by atomic mass is 32.2. The number of nitrogens with zero attached hydrogens (tertiary/aromatic N) is 1. The number of rotatable bonds is 8. The third kappa shape index (κ3) is 5.21. The van der Waals surface area contributed by atoms with Gasteiger partial charge in [-0.25, -0.2) is 9.63 Å². The van der Waals surface area contributed by atoms with Crippen LogP contribution in [0.15, 0.2) is 52.5 Å². The van der Waals surface area contributed by atoms with Crippen LogP contribution in [0.4, 0.5) is 0 Å². The van der Waals surface area contributed by atoms with Crippen molar-refractivity contribution in [1.29, 1.82) is 0 Å². The number of carbonyl (C=O) groups is 1. The number of nitrogens with one attached hydrogen (secondary N) is 1. The molecule has 2 N–H and O–H groups in total. The highest BCUT2D eigenvalue weighted by Gasteiger charge is 2.12. The quantitative estimate of drug-likeness (QED) is 0.535. The Morgan fingerprint density at radius 1 is 1.19 bits per heavy atom. The van der Waals surface area contributed by atoms with Crippen molar-refractivity contribution in [2.24, 2.45) is 5.10 Å². The van der Waals surface area contributed by atoms with Gasteiger partial charge >= 0.3 is 5.97 Å². The standard InChI is InChI=1S/C17H18N2O6S/c1-12-3-6-14(7-4-12)26(22,23)19-18-10-13-5-8-15(16(9-13)24-2)25-11-17(20)21/h3-10,19H,11H2,1-2H3,(H,20,21)/b18-10-. The molecule has 2 aromatic rings. The minimum absolute atomic E-state index is 0.107. The van der Waals surface area contributed by atoms with Crippen LogP contribution in [0.2, 0.25) is 0 Å². The molecule has 8 nitrogen and oxygen atoms in total. The molecule has 0 saturated carbocycles. The molecule has 0 bridgehead atoms. The average Bonchev–Trinajstić information content (AvgIpc) is 2.60. The Labute approximate surface area is 151 Å². The van der Waals surface area contributed by atoms with Gasteiger partial charge in [0.15, 0.2) is 18.1 Å². The van der Waals surface area contributed by atoms with Crippen molar-refractivity contribution in [2.45, 2.75) is 11.8 Å². The van der Waals surface area contributed by atoms with Crippen molar-refractivity contribution in [1.82, 2.24) is 4.83 Å². The molecule has 0 heterocycles. The smallest absolute Gasteiger partial charge is 0.341 e. The van der Waals surface area contributed by atoms with Crippen LogP contribution in [0.5, 0.6) is 11.5 Å². The molecule has 0 aliphatic heterocycles. The van der Waals surface area contributed by atoms with Gasteiger partial charge in [-0.1, -0.05) is 17.7 Å². The summed E-state index contributed by atoms with van der Waals surface area (Å²) < 4.78 is 34.5. The van der Waals surface area contributed by atoms with Crippen molar-refractivity contribution in [2.75, 3.05) is 13.7 Å². The first-order valence-corrected chi connectivity index (χ1v) is 8.94. The zero-order valence-corrected chi connectivity index (χ0v) is 15.0. The van der Waals surface area contributed by atoms with Crippen LogP contribution in [-0.4, -0.2) is 39.4 Å². The number of hydrazone groups is 1. The number of carboxylic acid groups (broad SMARTS) is 1. The SMILES string of the molecule is COc1cc(/C=N\NS(=O)(=O)c2ccc(C)cc2)ccc1OCC(=O)O. The first-order chi connectivity index (χ1) is 12.3. The molecule has 0 aliphatic rings. The first kappa shape index (κ1) is 19.3. The molecule has 0 atom stereocenters. The molecule has 0 aliphatic carbocycles. The van der Waals surface area contributed by atoms with E-state index >= 15 is 0 Å². The van der Waals surface area contributed by atoms with Gasteiger partial charge in [0, 0.05) is 0 Å². The maximum absolute atomic E-state index is 12.1. The lowest BCUT2D eigenvalue weighted by Gasteiger charge is -2.09. The number of sulfonamides is 1. The molecule has 0 fully saturated rings. The van der Waals surface area contributed by atoms with E-state index in [1.165, 1.54) is 31.5 Å². The fraction of sp³-hybridized carbons (Fsp3) is 0.176. The average molecular weight is 378 g/mol. The summed E-state index contributed by atoms with van der Waals surface area (Å²) in [5.74, 6) is -0.549. The second-order valence-electron chi connectivity index (χ2n) is 5.26. The third-order valence-electron chi connectivity index (χ3n) is 3.26. The van der Waals surface area contributed by atoms with Crippen LogP contribution in [0, 0.1) is 6.92 Å². The predicted molar refractivity (Wildman–Crippen MR) is 95.2 cm³/mol. The fourth-order valence-corrected chi connectivity index (χ4v) is 2.75. The van der Waals surface area contributed by atoms with Crippen molar-refractivity contribution >= 4 is 22.2 Å². The Kier molecular flexibility index (Phi) is 6.18. The van der Waals surface area contributed by atoms with E-state index in [0.717, 1.165) is 5.56 Å². The monoisotopic (exact) mass is 378 g/mol. The van der Waals surface area contributed by atoms with Gasteiger partial charge in [0.2, 0.25) is 0 Å². The van der Waals surface area contributed by atoms with E-state index < -0.39 is 22.6 Å². The zero-order chi connectivity index (χ0) is 19.2. The number of methoxy groups -OCH3 is 1. The summed E-state index contributed by atoms with van der Waals surface area (Å²) in [5.41, 5.74) is 1.49. The van der Waals surface area contributed by atoms with E-state index in [9.17, 15) is 13.2 Å². The highest BCUT2D eigenvalue weighted by molar-refractivity contribution is 7.89. The molecule has 26 heavy (non-hydrogen) atoms. The Balaban J connectivity index is 2.10. The van der Waals surface area contributed by atoms with Gasteiger partial charge in [0.25, 0.3) is 10.0 Å². The van der Waals surface area contributed by atoms with Crippen molar-refractivity contribution in [3.05, 3.63) is 53.6 Å². The van der Waals surface area contributed by atoms with E-state index in [1.54, 1.807) is 24.3 Å². The maximum Gasteiger partial charge on any atom is 0.341 e. The molecule has 0 amide bonds. The van der Waals surface area contributed by atoms with Crippen molar-refractivity contribution in [3.8, 4) is 11.5 Å². The van der Waals surface area contributed by atoms with Crippen molar-refractivity contribution in [3.63, 3.8) is 0 Å². The Hall–Kier alpha value is -3.07. The lowest BCUT2D eigenvalue weighted by molar-refractivity contribution is -0.139. The van der Waals surface area contributed by atoms with Crippen LogP contribution in [-0.2, 0) is 14.8 Å². The molecule has 2 aromatic carbocycles. The summed E-state index contributed by atoms with van der Waals surface area (Å²) in [6.07, 6.45) is 1.30. The Morgan fingerprint density at radius 3 is 2.50 bits per heavy atom. The van der Waals surface area contributed by atoms with E-state index in [-0.39, 0.29) is 10.6 Å². The van der Waals surface area contributed by atoms with Crippen molar-refractivity contribution < 1.29 is 27.8 Å². The van der Waals surface area contributed by atoms with Gasteiger partial charge in [-0.15, -0.1) is 0 Å². The molecule has 9 heteroatoms. The number of benzene rings is 2. The van der Waals surface area contributed by atoms with Crippen LogP contribution >= 0.6 is 0 Å². The second-order valence-corrected chi connectivity index (χ2v) is 6.92. The summed E-state index contributed by atoms with van der Waals surface area (Å²) in [7, 11) is -2.35. The van der Waals surface area contributed by atoms with Gasteiger partial charge < -0.3 is 14.6 Å². The summed E-state index contributed by atoms with van der Waals surface area (Å²) in [4.78, 5) is 12.8. The second kappa shape index (κ2) is 8.34. The number of hydrogen-bond donors (Lipinski definition) is 2. The van der Waals surface area contributed by atoms with Gasteiger partial charge in [-0.05, 0) is 42.8 Å². The minimum Gasteiger partial charge on any atom is -0.493 e. The lowest BCUT2D eigenvalue weighted by Crippen LogP contribution is -2.18. The molecular weight excluding hydrogens is 360 g/mol. The molecule has 0 unspecified atom stereocenters. The van der Waals surface area contributed by atoms with E-state index in [4.69, 9.17) is 14.6 Å². The van der Waals surface area contributed by atoms with E-state index in [1.807, 2.05) is 6.92 Å². The minimum atomic E-state index is -3.76. The number of aliphatic carboxylic acids is 1. The fourth-order valence-electron chi connectivity index (χ4n) is 1.96. The Bertz CT molecular complexity index is 907. The topological polar surface area (TPSA) is 114 Å². The summed E-state index contributed by atoms with van der Waals surface area (Å²) >= 11 is 0. The molecule has 0 spiro atoms. The lowest BCUT2D eigenvalue weighted by atomic mass is 10.2. The maximum atomic E-state index is 12.1. The molecule has 0 aromatic heterocycles. The molecule has 0 radical (unpaired) electrons. The molecular formula is C17H18N2O6S. The highest BCUT2D eigenvalue weighted by Crippen LogP contribution is 2.27. The predicted octanol–water partition coefficient (Wildman–Crippen LogP) is 1.78. The molecule has 0 saturated heterocycles. The normalized spacial score (nSPS) is 11.3. The summed E-state index contributed by atoms with van der Waals surface area (Å²) in [5, 5.41) is 12.4. The zero-order valence-electron chi connectivity index (χ0n) is 14.2. The van der Waals surface area contributed by atoms with Crippen LogP contribution in [0.3, 0.4) is 0 Å². The van der Waals surface area contributed by atoms with Crippen LogP contribution in [0.1, 0.15) is 11.1 Å².